The quantitative estimate of drug-likeness (QED) is 0.804. The molecule has 0 spiro atoms. The molecule has 2 atom stereocenters. The van der Waals surface area contributed by atoms with Gasteiger partial charge in [0.2, 0.25) is 0 Å². The van der Waals surface area contributed by atoms with Gasteiger partial charge in [-0.2, -0.15) is 0 Å². The highest BCUT2D eigenvalue weighted by molar-refractivity contribution is 6.50. The Labute approximate surface area is 122 Å². The van der Waals surface area contributed by atoms with Crippen molar-refractivity contribution in [2.24, 2.45) is 5.92 Å². The van der Waals surface area contributed by atoms with Gasteiger partial charge in [-0.15, -0.1) is 0 Å². The average molecular weight is 279 g/mol. The molecule has 3 fully saturated rings. The van der Waals surface area contributed by atoms with E-state index in [1.165, 1.54) is 12.8 Å². The third kappa shape index (κ3) is 2.56. The van der Waals surface area contributed by atoms with Crippen molar-refractivity contribution in [2.75, 3.05) is 0 Å². The van der Waals surface area contributed by atoms with Crippen LogP contribution in [0.3, 0.4) is 0 Å². The van der Waals surface area contributed by atoms with Gasteiger partial charge in [0.25, 0.3) is 0 Å². The van der Waals surface area contributed by atoms with Crippen LogP contribution in [0.15, 0.2) is 0 Å². The summed E-state index contributed by atoms with van der Waals surface area (Å²) in [5, 5.41) is 3.58. The van der Waals surface area contributed by atoms with Crippen LogP contribution in [0.1, 0.15) is 53.4 Å². The molecule has 2 bridgehead atoms. The summed E-state index contributed by atoms with van der Waals surface area (Å²) in [6.07, 6.45) is 4.84. The first-order valence-electron chi connectivity index (χ1n) is 7.91. The number of fused-ring (bicyclic) bond motifs is 2. The van der Waals surface area contributed by atoms with E-state index in [4.69, 9.17) is 9.31 Å². The third-order valence-electron chi connectivity index (χ3n) is 5.60. The second kappa shape index (κ2) is 4.82. The van der Waals surface area contributed by atoms with Gasteiger partial charge in [-0.1, -0.05) is 0 Å². The minimum Gasteiger partial charge on any atom is -0.403 e. The highest BCUT2D eigenvalue weighted by atomic mass is 16.7. The summed E-state index contributed by atoms with van der Waals surface area (Å²) in [6, 6.07) is 1.11. The van der Waals surface area contributed by atoms with Crippen LogP contribution < -0.4 is 5.32 Å². The molecule has 1 N–H and O–H groups in total. The van der Waals surface area contributed by atoms with E-state index in [-0.39, 0.29) is 24.2 Å². The Balaban J connectivity index is 1.58. The van der Waals surface area contributed by atoms with Gasteiger partial charge in [0.15, 0.2) is 0 Å². The number of ketones is 1. The van der Waals surface area contributed by atoms with Crippen molar-refractivity contribution < 1.29 is 14.1 Å². The van der Waals surface area contributed by atoms with Crippen LogP contribution in [0, 0.1) is 5.92 Å². The van der Waals surface area contributed by atoms with Gasteiger partial charge in [-0.05, 0) is 53.4 Å². The molecule has 3 aliphatic rings. The zero-order valence-electron chi connectivity index (χ0n) is 13.1. The highest BCUT2D eigenvalue weighted by Crippen LogP contribution is 2.39. The fourth-order valence-electron chi connectivity index (χ4n) is 3.70. The van der Waals surface area contributed by atoms with E-state index in [1.807, 2.05) is 27.7 Å². The van der Waals surface area contributed by atoms with Crippen LogP contribution in [-0.4, -0.2) is 36.2 Å². The van der Waals surface area contributed by atoms with Crippen molar-refractivity contribution >= 4 is 12.9 Å². The number of rotatable bonds is 3. The molecule has 112 valence electrons. The predicted molar refractivity (Wildman–Crippen MR) is 78.6 cm³/mol. The molecule has 0 saturated carbocycles. The number of nitrogens with one attached hydrogen (secondary N) is 1. The molecule has 0 amide bonds. The first-order valence-corrected chi connectivity index (χ1v) is 7.91. The molecule has 3 heterocycles. The van der Waals surface area contributed by atoms with Crippen molar-refractivity contribution in [3.8, 4) is 0 Å². The second-order valence-corrected chi connectivity index (χ2v) is 7.66. The minimum atomic E-state index is -0.375. The van der Waals surface area contributed by atoms with E-state index in [1.54, 1.807) is 0 Å². The van der Waals surface area contributed by atoms with Crippen LogP contribution in [0.25, 0.3) is 0 Å². The minimum absolute atomic E-state index is 0.202. The zero-order valence-corrected chi connectivity index (χ0v) is 13.1. The number of Topliss-reactive ketones (excluding diaryl/α,β-unsaturated/α-hetero) is 1. The predicted octanol–water partition coefficient (Wildman–Crippen LogP) is 2.18. The monoisotopic (exact) mass is 279 g/mol. The Morgan fingerprint density at radius 2 is 1.60 bits per heavy atom. The van der Waals surface area contributed by atoms with Gasteiger partial charge in [0.05, 0.1) is 11.2 Å². The standard InChI is InChI=1S/C15H26BNO3/c1-14(2)15(3,4)20-16(19-14)9-13(18)10-7-11-5-6-12(8-10)17-11/h10-12,17H,5-9H2,1-4H3. The molecule has 5 heteroatoms. The van der Waals surface area contributed by atoms with E-state index in [0.29, 0.717) is 24.2 Å². The maximum absolute atomic E-state index is 12.5. The fourth-order valence-corrected chi connectivity index (χ4v) is 3.70. The largest absolute Gasteiger partial charge is 0.465 e. The number of hydrogen-bond acceptors (Lipinski definition) is 4. The van der Waals surface area contributed by atoms with Gasteiger partial charge in [0, 0.05) is 24.3 Å². The van der Waals surface area contributed by atoms with E-state index in [0.717, 1.165) is 12.8 Å². The second-order valence-electron chi connectivity index (χ2n) is 7.66. The van der Waals surface area contributed by atoms with Gasteiger partial charge in [0.1, 0.15) is 5.78 Å². The number of carbonyl (C=O) groups excluding carboxylic acids is 1. The van der Waals surface area contributed by atoms with Crippen molar-refractivity contribution in [1.29, 1.82) is 0 Å². The number of carbonyl (C=O) groups is 1. The summed E-state index contributed by atoms with van der Waals surface area (Å²) in [5.74, 6) is 0.523. The third-order valence-corrected chi connectivity index (χ3v) is 5.60. The maximum atomic E-state index is 12.5. The van der Waals surface area contributed by atoms with Gasteiger partial charge in [-0.25, -0.2) is 0 Å². The molecule has 20 heavy (non-hydrogen) atoms. The van der Waals surface area contributed by atoms with Crippen molar-refractivity contribution in [2.45, 2.75) is 83.0 Å². The number of piperidine rings is 1. The molecule has 3 aliphatic heterocycles. The lowest BCUT2D eigenvalue weighted by atomic mass is 9.76. The molecule has 0 aromatic heterocycles. The normalized spacial score (nSPS) is 38.2. The molecule has 0 aromatic carbocycles. The Morgan fingerprint density at radius 1 is 1.10 bits per heavy atom. The average Bonchev–Trinajstić information content (AvgIpc) is 2.75. The first-order chi connectivity index (χ1) is 9.27. The lowest BCUT2D eigenvalue weighted by molar-refractivity contribution is -0.122. The Bertz CT molecular complexity index is 382. The molecule has 3 rings (SSSR count). The highest BCUT2D eigenvalue weighted by Gasteiger charge is 2.52. The van der Waals surface area contributed by atoms with Crippen LogP contribution in [-0.2, 0) is 14.1 Å². The molecule has 2 unspecified atom stereocenters. The topological polar surface area (TPSA) is 47.6 Å². The molecule has 0 aromatic rings. The van der Waals surface area contributed by atoms with E-state index >= 15 is 0 Å². The van der Waals surface area contributed by atoms with Gasteiger partial charge < -0.3 is 14.6 Å². The van der Waals surface area contributed by atoms with Crippen LogP contribution in [0.4, 0.5) is 0 Å². The molecular formula is C15H26BNO3. The Kier molecular flexibility index (Phi) is 3.51. The summed E-state index contributed by atoms with van der Waals surface area (Å²) in [5.41, 5.74) is -0.684. The summed E-state index contributed by atoms with van der Waals surface area (Å²) in [7, 11) is -0.375. The zero-order chi connectivity index (χ0) is 14.5. The lowest BCUT2D eigenvalue weighted by Crippen LogP contribution is -2.41. The smallest absolute Gasteiger partial charge is 0.403 e. The van der Waals surface area contributed by atoms with E-state index in [2.05, 4.69) is 5.32 Å². The van der Waals surface area contributed by atoms with Gasteiger partial charge in [-0.3, -0.25) is 4.79 Å². The molecule has 0 aliphatic carbocycles. The van der Waals surface area contributed by atoms with Crippen LogP contribution >= 0.6 is 0 Å². The Hall–Kier alpha value is -0.385. The lowest BCUT2D eigenvalue weighted by Gasteiger charge is -2.32. The van der Waals surface area contributed by atoms with Crippen molar-refractivity contribution in [3.05, 3.63) is 0 Å². The Morgan fingerprint density at radius 3 is 2.10 bits per heavy atom. The molecule has 4 nitrogen and oxygen atoms in total. The van der Waals surface area contributed by atoms with Crippen LogP contribution in [0.2, 0.25) is 6.32 Å². The number of hydrogen-bond donors (Lipinski definition) is 1. The van der Waals surface area contributed by atoms with Crippen molar-refractivity contribution in [1.82, 2.24) is 5.32 Å². The summed E-state index contributed by atoms with van der Waals surface area (Å²) >= 11 is 0. The first kappa shape index (κ1) is 14.5. The summed E-state index contributed by atoms with van der Waals surface area (Å²) < 4.78 is 11.9. The SMILES string of the molecule is CC1(C)OB(CC(=O)C2CC3CCC(C2)N3)OC1(C)C. The van der Waals surface area contributed by atoms with Gasteiger partial charge >= 0.3 is 7.12 Å². The summed E-state index contributed by atoms with van der Waals surface area (Å²) in [4.78, 5) is 12.5. The van der Waals surface area contributed by atoms with E-state index in [9.17, 15) is 4.79 Å². The fraction of sp³-hybridized carbons (Fsp3) is 0.933. The van der Waals surface area contributed by atoms with Crippen molar-refractivity contribution in [3.63, 3.8) is 0 Å². The molecular weight excluding hydrogens is 253 g/mol. The molecule has 0 radical (unpaired) electrons. The maximum Gasteiger partial charge on any atom is 0.465 e. The van der Waals surface area contributed by atoms with Crippen LogP contribution in [0.5, 0.6) is 0 Å². The summed E-state index contributed by atoms with van der Waals surface area (Å²) in [6.45, 7) is 8.12. The van der Waals surface area contributed by atoms with E-state index < -0.39 is 0 Å². The molecule has 3 saturated heterocycles.